The summed E-state index contributed by atoms with van der Waals surface area (Å²) in [5, 5.41) is 2.65. The number of amides is 1. The van der Waals surface area contributed by atoms with Crippen LogP contribution in [-0.2, 0) is 14.3 Å². The molecule has 0 unspecified atom stereocenters. The summed E-state index contributed by atoms with van der Waals surface area (Å²) < 4.78 is 21.2. The molecule has 2 aromatic carbocycles. The third kappa shape index (κ3) is 5.51. The normalized spacial score (nSPS) is 12.5. The molecule has 1 aliphatic rings. The third-order valence-electron chi connectivity index (χ3n) is 3.77. The highest BCUT2D eigenvalue weighted by Gasteiger charge is 2.11. The predicted octanol–water partition coefficient (Wildman–Crippen LogP) is 3.05. The molecule has 0 fully saturated rings. The molecule has 1 heterocycles. The van der Waals surface area contributed by atoms with Crippen molar-refractivity contribution in [2.75, 3.05) is 31.7 Å². The van der Waals surface area contributed by atoms with Gasteiger partial charge in [-0.15, -0.1) is 0 Å². The molecule has 1 N–H and O–H groups in total. The van der Waals surface area contributed by atoms with E-state index in [9.17, 15) is 9.59 Å². The molecule has 0 aromatic heterocycles. The molecule has 0 spiro atoms. The summed E-state index contributed by atoms with van der Waals surface area (Å²) in [5.74, 6) is 0.992. The van der Waals surface area contributed by atoms with E-state index in [1.54, 1.807) is 48.5 Å². The number of nitrogens with one attached hydrogen (secondary N) is 1. The van der Waals surface area contributed by atoms with Crippen LogP contribution < -0.4 is 19.5 Å². The van der Waals surface area contributed by atoms with E-state index in [0.717, 1.165) is 11.3 Å². The number of hydrogen-bond donors (Lipinski definition) is 1. The first-order valence-corrected chi connectivity index (χ1v) is 8.91. The van der Waals surface area contributed by atoms with Crippen LogP contribution in [0.3, 0.4) is 0 Å². The molecule has 7 heteroatoms. The van der Waals surface area contributed by atoms with Gasteiger partial charge in [0.25, 0.3) is 5.91 Å². The van der Waals surface area contributed by atoms with Gasteiger partial charge in [-0.05, 0) is 55.0 Å². The van der Waals surface area contributed by atoms with Crippen molar-refractivity contribution in [3.05, 3.63) is 54.1 Å². The Bertz CT molecular complexity index is 860. The lowest BCUT2D eigenvalue weighted by molar-refractivity contribution is -0.142. The van der Waals surface area contributed by atoms with Crippen molar-refractivity contribution in [2.45, 2.75) is 6.92 Å². The van der Waals surface area contributed by atoms with Gasteiger partial charge in [0.15, 0.2) is 18.1 Å². The molecule has 0 bridgehead atoms. The minimum atomic E-state index is -0.614. The van der Waals surface area contributed by atoms with Crippen molar-refractivity contribution in [1.82, 2.24) is 0 Å². The van der Waals surface area contributed by atoms with E-state index in [0.29, 0.717) is 37.0 Å². The predicted molar refractivity (Wildman–Crippen MR) is 104 cm³/mol. The second kappa shape index (κ2) is 9.45. The van der Waals surface area contributed by atoms with Gasteiger partial charge in [-0.2, -0.15) is 0 Å². The maximum Gasteiger partial charge on any atom is 0.331 e. The fourth-order valence-corrected chi connectivity index (χ4v) is 2.51. The molecule has 1 aliphatic heterocycles. The molecule has 0 saturated heterocycles. The molecule has 2 aromatic rings. The van der Waals surface area contributed by atoms with E-state index < -0.39 is 11.9 Å². The molecular weight excluding hydrogens is 362 g/mol. The maximum atomic E-state index is 11.9. The Hall–Kier alpha value is -3.48. The van der Waals surface area contributed by atoms with Crippen LogP contribution in [0.15, 0.2) is 48.5 Å². The number of fused-ring (bicyclic) bond motifs is 1. The van der Waals surface area contributed by atoms with Gasteiger partial charge >= 0.3 is 5.97 Å². The average Bonchev–Trinajstić information content (AvgIpc) is 2.72. The second-order valence-electron chi connectivity index (χ2n) is 5.85. The molecule has 0 radical (unpaired) electrons. The van der Waals surface area contributed by atoms with Crippen LogP contribution in [0.1, 0.15) is 12.5 Å². The molecular formula is C21H21NO6. The van der Waals surface area contributed by atoms with E-state index in [4.69, 9.17) is 18.9 Å². The zero-order valence-corrected chi connectivity index (χ0v) is 15.5. The lowest BCUT2D eigenvalue weighted by Crippen LogP contribution is -2.20. The lowest BCUT2D eigenvalue weighted by atomic mass is 10.2. The van der Waals surface area contributed by atoms with Crippen molar-refractivity contribution in [3.8, 4) is 17.2 Å². The van der Waals surface area contributed by atoms with E-state index in [2.05, 4.69) is 5.32 Å². The summed E-state index contributed by atoms with van der Waals surface area (Å²) in [6.45, 7) is 3.10. The first-order chi connectivity index (χ1) is 13.6. The van der Waals surface area contributed by atoms with Crippen LogP contribution in [0.2, 0.25) is 0 Å². The highest BCUT2D eigenvalue weighted by molar-refractivity contribution is 5.94. The third-order valence-corrected chi connectivity index (χ3v) is 3.77. The minimum Gasteiger partial charge on any atom is -0.494 e. The molecule has 146 valence electrons. The zero-order valence-electron chi connectivity index (χ0n) is 15.5. The number of anilines is 1. The SMILES string of the molecule is CCOc1ccc(NC(=O)COC(=O)/C=C/c2ccc3c(c2)OCCO3)cc1. The Morgan fingerprint density at radius 1 is 1.07 bits per heavy atom. The largest absolute Gasteiger partial charge is 0.494 e. The molecule has 1 amide bonds. The van der Waals surface area contributed by atoms with Crippen molar-refractivity contribution in [3.63, 3.8) is 0 Å². The first-order valence-electron chi connectivity index (χ1n) is 8.91. The smallest absolute Gasteiger partial charge is 0.331 e. The number of benzene rings is 2. The fraction of sp³-hybridized carbons (Fsp3) is 0.238. The Kier molecular flexibility index (Phi) is 6.51. The summed E-state index contributed by atoms with van der Waals surface area (Å²) in [6, 6.07) is 12.3. The second-order valence-corrected chi connectivity index (χ2v) is 5.85. The summed E-state index contributed by atoms with van der Waals surface area (Å²) in [4.78, 5) is 23.7. The van der Waals surface area contributed by atoms with Crippen LogP contribution in [0.25, 0.3) is 6.08 Å². The van der Waals surface area contributed by atoms with Crippen molar-refractivity contribution < 1.29 is 28.5 Å². The summed E-state index contributed by atoms with van der Waals surface area (Å²) in [7, 11) is 0. The van der Waals surface area contributed by atoms with Gasteiger partial charge < -0.3 is 24.3 Å². The topological polar surface area (TPSA) is 83.1 Å². The van der Waals surface area contributed by atoms with Crippen LogP contribution >= 0.6 is 0 Å². The van der Waals surface area contributed by atoms with Crippen molar-refractivity contribution in [1.29, 1.82) is 0 Å². The Labute approximate surface area is 162 Å². The van der Waals surface area contributed by atoms with Gasteiger partial charge in [-0.1, -0.05) is 6.07 Å². The van der Waals surface area contributed by atoms with Crippen molar-refractivity contribution in [2.24, 2.45) is 0 Å². The quantitative estimate of drug-likeness (QED) is 0.584. The standard InChI is InChI=1S/C21H21NO6/c1-2-25-17-7-5-16(6-8-17)22-20(23)14-28-21(24)10-4-15-3-9-18-19(13-15)27-12-11-26-18/h3-10,13H,2,11-12,14H2,1H3,(H,22,23)/b10-4+. The number of hydrogen-bond acceptors (Lipinski definition) is 6. The first kappa shape index (κ1) is 19.3. The van der Waals surface area contributed by atoms with Crippen LogP contribution in [0.5, 0.6) is 17.2 Å². The van der Waals surface area contributed by atoms with E-state index >= 15 is 0 Å². The number of carbonyl (C=O) groups excluding carboxylic acids is 2. The summed E-state index contributed by atoms with van der Waals surface area (Å²) in [6.07, 6.45) is 2.85. The van der Waals surface area contributed by atoms with Gasteiger partial charge in [-0.25, -0.2) is 4.79 Å². The Morgan fingerprint density at radius 3 is 2.57 bits per heavy atom. The average molecular weight is 383 g/mol. The van der Waals surface area contributed by atoms with Gasteiger partial charge in [0.1, 0.15) is 19.0 Å². The molecule has 0 atom stereocenters. The highest BCUT2D eigenvalue weighted by Crippen LogP contribution is 2.31. The van der Waals surface area contributed by atoms with Crippen LogP contribution in [0.4, 0.5) is 5.69 Å². The maximum absolute atomic E-state index is 11.9. The monoisotopic (exact) mass is 383 g/mol. The number of carbonyl (C=O) groups is 2. The number of rotatable bonds is 7. The molecule has 3 rings (SSSR count). The molecule has 7 nitrogen and oxygen atoms in total. The van der Waals surface area contributed by atoms with Crippen LogP contribution in [0, 0.1) is 0 Å². The zero-order chi connectivity index (χ0) is 19.8. The summed E-state index contributed by atoms with van der Waals surface area (Å²) in [5.41, 5.74) is 1.36. The van der Waals surface area contributed by atoms with Gasteiger partial charge in [0, 0.05) is 11.8 Å². The Morgan fingerprint density at radius 2 is 1.82 bits per heavy atom. The van der Waals surface area contributed by atoms with E-state index in [1.807, 2.05) is 6.92 Å². The number of esters is 1. The fourth-order valence-electron chi connectivity index (χ4n) is 2.51. The van der Waals surface area contributed by atoms with Gasteiger partial charge in [0.05, 0.1) is 6.61 Å². The highest BCUT2D eigenvalue weighted by atomic mass is 16.6. The lowest BCUT2D eigenvalue weighted by Gasteiger charge is -2.18. The minimum absolute atomic E-state index is 0.377. The summed E-state index contributed by atoms with van der Waals surface area (Å²) >= 11 is 0. The molecule has 28 heavy (non-hydrogen) atoms. The molecule has 0 aliphatic carbocycles. The van der Waals surface area contributed by atoms with E-state index in [-0.39, 0.29) is 6.61 Å². The van der Waals surface area contributed by atoms with Crippen LogP contribution in [-0.4, -0.2) is 38.3 Å². The van der Waals surface area contributed by atoms with Gasteiger partial charge in [0.2, 0.25) is 0 Å². The van der Waals surface area contributed by atoms with E-state index in [1.165, 1.54) is 6.08 Å². The Balaban J connectivity index is 1.45. The molecule has 0 saturated carbocycles. The van der Waals surface area contributed by atoms with Gasteiger partial charge in [-0.3, -0.25) is 4.79 Å². The van der Waals surface area contributed by atoms with Crippen molar-refractivity contribution >= 4 is 23.6 Å². The number of ether oxygens (including phenoxy) is 4.